The monoisotopic (exact) mass is 444 g/mol. The first-order valence-electron chi connectivity index (χ1n) is 9.09. The summed E-state index contributed by atoms with van der Waals surface area (Å²) in [7, 11) is 0. The first-order chi connectivity index (χ1) is 14.6. The highest BCUT2D eigenvalue weighted by Gasteiger charge is 2.34. The average molecular weight is 444 g/mol. The molecule has 10 heteroatoms. The van der Waals surface area contributed by atoms with Gasteiger partial charge in [0.15, 0.2) is 10.8 Å². The van der Waals surface area contributed by atoms with E-state index in [-0.39, 0.29) is 16.5 Å². The van der Waals surface area contributed by atoms with Gasteiger partial charge in [-0.25, -0.2) is 9.67 Å². The second-order valence-electron chi connectivity index (χ2n) is 6.87. The fourth-order valence-electron chi connectivity index (χ4n) is 3.09. The van der Waals surface area contributed by atoms with Crippen LogP contribution in [0.5, 0.6) is 0 Å². The Morgan fingerprint density at radius 3 is 2.58 bits per heavy atom. The lowest BCUT2D eigenvalue weighted by Gasteiger charge is -2.16. The van der Waals surface area contributed by atoms with Crippen LogP contribution in [0.1, 0.15) is 27.3 Å². The lowest BCUT2D eigenvalue weighted by Crippen LogP contribution is -2.27. The molecule has 4 rings (SSSR count). The number of nitrogens with zero attached hydrogens (tertiary/aromatic N) is 3. The number of carbonyl (C=O) groups excluding carboxylic acids is 1. The Labute approximate surface area is 178 Å². The molecule has 6 nitrogen and oxygen atoms in total. The number of amides is 1. The molecular weight excluding hydrogens is 429 g/mol. The van der Waals surface area contributed by atoms with E-state index in [0.29, 0.717) is 5.52 Å². The molecule has 0 unspecified atom stereocenters. The molecule has 0 saturated heterocycles. The smallest absolute Gasteiger partial charge is 0.296 e. The fourth-order valence-corrected chi connectivity index (χ4v) is 4.05. The van der Waals surface area contributed by atoms with E-state index in [0.717, 1.165) is 27.1 Å². The van der Waals surface area contributed by atoms with Gasteiger partial charge in [-0.3, -0.25) is 14.9 Å². The Bertz CT molecular complexity index is 1380. The van der Waals surface area contributed by atoms with Gasteiger partial charge in [0.2, 0.25) is 5.43 Å². The molecule has 0 radical (unpaired) electrons. The molecular formula is C21H15F3N4O2S. The Balaban J connectivity index is 1.74. The molecule has 158 valence electrons. The number of hydrogen-bond acceptors (Lipinski definition) is 5. The van der Waals surface area contributed by atoms with Crippen LogP contribution in [0.3, 0.4) is 0 Å². The molecule has 2 heterocycles. The molecule has 0 bridgehead atoms. The molecule has 0 fully saturated rings. The number of fused-ring (bicyclic) bond motifs is 1. The normalized spacial score (nSPS) is 11.6. The van der Waals surface area contributed by atoms with Crippen molar-refractivity contribution in [2.24, 2.45) is 0 Å². The van der Waals surface area contributed by atoms with Gasteiger partial charge < -0.3 is 0 Å². The molecule has 0 aliphatic rings. The van der Waals surface area contributed by atoms with Gasteiger partial charge in [-0.05, 0) is 43.7 Å². The standard InChI is InChI=1S/C21H15F3N4O2S/c1-11-7-8-14-17(9-11)31-20(25-14)26-19(30)18-16(29)10-12(2)28(27-18)15-6-4-3-5-13(15)21(22,23)24/h3-10H,1-2H3,(H,25,26,30). The Hall–Kier alpha value is -3.53. The quantitative estimate of drug-likeness (QED) is 0.496. The van der Waals surface area contributed by atoms with E-state index < -0.39 is 28.8 Å². The maximum absolute atomic E-state index is 13.4. The molecule has 2 aromatic carbocycles. The van der Waals surface area contributed by atoms with E-state index in [1.165, 1.54) is 36.5 Å². The van der Waals surface area contributed by atoms with Gasteiger partial charge >= 0.3 is 6.18 Å². The number of thiazole rings is 1. The zero-order chi connectivity index (χ0) is 22.3. The molecule has 0 atom stereocenters. The number of benzene rings is 2. The summed E-state index contributed by atoms with van der Waals surface area (Å²) in [6.07, 6.45) is -4.63. The van der Waals surface area contributed by atoms with Crippen LogP contribution >= 0.6 is 11.3 Å². The van der Waals surface area contributed by atoms with E-state index in [9.17, 15) is 22.8 Å². The van der Waals surface area contributed by atoms with Crippen molar-refractivity contribution in [2.75, 3.05) is 5.32 Å². The van der Waals surface area contributed by atoms with E-state index in [4.69, 9.17) is 0 Å². The highest BCUT2D eigenvalue weighted by Crippen LogP contribution is 2.33. The zero-order valence-electron chi connectivity index (χ0n) is 16.3. The van der Waals surface area contributed by atoms with Gasteiger partial charge in [-0.15, -0.1) is 0 Å². The summed E-state index contributed by atoms with van der Waals surface area (Å²) in [6.45, 7) is 3.37. The van der Waals surface area contributed by atoms with Crippen LogP contribution in [-0.2, 0) is 6.18 Å². The van der Waals surface area contributed by atoms with Crippen LogP contribution in [0.2, 0.25) is 0 Å². The second-order valence-corrected chi connectivity index (χ2v) is 7.90. The highest BCUT2D eigenvalue weighted by molar-refractivity contribution is 7.22. The maximum Gasteiger partial charge on any atom is 0.418 e. The van der Waals surface area contributed by atoms with Gasteiger partial charge in [0.25, 0.3) is 5.91 Å². The third-order valence-corrected chi connectivity index (χ3v) is 5.46. The Morgan fingerprint density at radius 1 is 1.10 bits per heavy atom. The minimum Gasteiger partial charge on any atom is -0.296 e. The number of para-hydroxylation sites is 1. The number of halogens is 3. The van der Waals surface area contributed by atoms with Crippen LogP contribution in [-0.4, -0.2) is 20.7 Å². The number of aryl methyl sites for hydroxylation is 2. The topological polar surface area (TPSA) is 76.9 Å². The van der Waals surface area contributed by atoms with Crippen molar-refractivity contribution in [3.8, 4) is 5.69 Å². The predicted molar refractivity (Wildman–Crippen MR) is 112 cm³/mol. The summed E-state index contributed by atoms with van der Waals surface area (Å²) >= 11 is 1.22. The molecule has 31 heavy (non-hydrogen) atoms. The van der Waals surface area contributed by atoms with Gasteiger partial charge in [0, 0.05) is 11.8 Å². The van der Waals surface area contributed by atoms with E-state index in [2.05, 4.69) is 15.4 Å². The highest BCUT2D eigenvalue weighted by atomic mass is 32.1. The summed E-state index contributed by atoms with van der Waals surface area (Å²) in [4.78, 5) is 29.4. The lowest BCUT2D eigenvalue weighted by molar-refractivity contribution is -0.137. The van der Waals surface area contributed by atoms with Crippen molar-refractivity contribution in [1.82, 2.24) is 14.8 Å². The third-order valence-electron chi connectivity index (χ3n) is 4.52. The van der Waals surface area contributed by atoms with Gasteiger partial charge in [0.1, 0.15) is 0 Å². The number of hydrogen-bond donors (Lipinski definition) is 1. The minimum atomic E-state index is -4.63. The summed E-state index contributed by atoms with van der Waals surface area (Å²) in [5.41, 5.74) is -0.571. The lowest BCUT2D eigenvalue weighted by atomic mass is 10.1. The molecule has 1 amide bonds. The van der Waals surface area contributed by atoms with Gasteiger partial charge in [0.05, 0.1) is 21.5 Å². The number of carbonyl (C=O) groups is 1. The van der Waals surface area contributed by atoms with Crippen molar-refractivity contribution < 1.29 is 18.0 Å². The zero-order valence-corrected chi connectivity index (χ0v) is 17.1. The van der Waals surface area contributed by atoms with E-state index in [1.54, 1.807) is 0 Å². The van der Waals surface area contributed by atoms with Crippen molar-refractivity contribution in [3.63, 3.8) is 0 Å². The van der Waals surface area contributed by atoms with Gasteiger partial charge in [-0.1, -0.05) is 29.5 Å². The molecule has 0 spiro atoms. The molecule has 1 N–H and O–H groups in total. The van der Waals surface area contributed by atoms with Crippen molar-refractivity contribution in [2.45, 2.75) is 20.0 Å². The van der Waals surface area contributed by atoms with Crippen LogP contribution in [0.25, 0.3) is 15.9 Å². The van der Waals surface area contributed by atoms with E-state index >= 15 is 0 Å². The predicted octanol–water partition coefficient (Wildman–Crippen LogP) is 4.73. The van der Waals surface area contributed by atoms with Crippen molar-refractivity contribution >= 4 is 32.6 Å². The fraction of sp³-hybridized carbons (Fsp3) is 0.143. The van der Waals surface area contributed by atoms with Crippen LogP contribution in [0, 0.1) is 13.8 Å². The molecule has 0 saturated carbocycles. The van der Waals surface area contributed by atoms with E-state index in [1.807, 2.05) is 25.1 Å². The summed E-state index contributed by atoms with van der Waals surface area (Å²) < 4.78 is 42.1. The minimum absolute atomic E-state index is 0.161. The average Bonchev–Trinajstić information content (AvgIpc) is 3.08. The Kier molecular flexibility index (Phi) is 5.10. The van der Waals surface area contributed by atoms with Gasteiger partial charge in [-0.2, -0.15) is 18.3 Å². The number of aromatic nitrogens is 3. The van der Waals surface area contributed by atoms with Crippen LogP contribution < -0.4 is 10.7 Å². The summed E-state index contributed by atoms with van der Waals surface area (Å²) in [5.74, 6) is -0.848. The van der Waals surface area contributed by atoms with Crippen molar-refractivity contribution in [3.05, 3.63) is 81.3 Å². The number of rotatable bonds is 3. The molecule has 2 aromatic heterocycles. The number of nitrogens with one attached hydrogen (secondary N) is 1. The van der Waals surface area contributed by atoms with Crippen LogP contribution in [0.4, 0.5) is 18.3 Å². The molecule has 0 aliphatic heterocycles. The van der Waals surface area contributed by atoms with Crippen molar-refractivity contribution in [1.29, 1.82) is 0 Å². The number of alkyl halides is 3. The third kappa shape index (κ3) is 4.06. The Morgan fingerprint density at radius 2 is 1.84 bits per heavy atom. The second kappa shape index (κ2) is 7.62. The maximum atomic E-state index is 13.4. The summed E-state index contributed by atoms with van der Waals surface area (Å²) in [6, 6.07) is 11.5. The largest absolute Gasteiger partial charge is 0.418 e. The number of anilines is 1. The van der Waals surface area contributed by atoms with Crippen LogP contribution in [0.15, 0.2) is 53.3 Å². The molecule has 0 aliphatic carbocycles. The summed E-state index contributed by atoms with van der Waals surface area (Å²) in [5, 5.41) is 6.73. The molecule has 4 aromatic rings. The first kappa shape index (κ1) is 20.7. The first-order valence-corrected chi connectivity index (χ1v) is 9.91. The SMILES string of the molecule is Cc1ccc2nc(NC(=O)c3nn(-c4ccccc4C(F)(F)F)c(C)cc3=O)sc2c1.